The number of carbonyl (C=O) groups excluding carboxylic acids is 1. The number of likely N-dealkylation sites (tertiary alicyclic amines) is 1. The van der Waals surface area contributed by atoms with Gasteiger partial charge in [0.25, 0.3) is 0 Å². The second-order valence-electron chi connectivity index (χ2n) is 4.36. The molecule has 0 saturated carbocycles. The van der Waals surface area contributed by atoms with Gasteiger partial charge in [0.15, 0.2) is 0 Å². The summed E-state index contributed by atoms with van der Waals surface area (Å²) in [6.45, 7) is 0.381. The van der Waals surface area contributed by atoms with E-state index in [2.05, 4.69) is 5.32 Å². The van der Waals surface area contributed by atoms with Gasteiger partial charge in [-0.25, -0.2) is 9.59 Å². The molecule has 2 rings (SSSR count). The number of rotatable bonds is 2. The maximum atomic E-state index is 12.1. The minimum atomic E-state index is -1.02. The number of hydrogen-bond donors (Lipinski definition) is 2. The maximum Gasteiger partial charge on any atom is 0.326 e. The molecule has 0 aromatic heterocycles. The first-order chi connectivity index (χ1) is 9.40. The van der Waals surface area contributed by atoms with E-state index in [0.717, 1.165) is 0 Å². The van der Waals surface area contributed by atoms with E-state index >= 15 is 0 Å². The molecule has 20 heavy (non-hydrogen) atoms. The highest BCUT2D eigenvalue weighted by molar-refractivity contribution is 6.42. The first-order valence-corrected chi connectivity index (χ1v) is 6.98. The number of halogens is 3. The number of carboxylic acids is 1. The molecule has 1 heterocycles. The summed E-state index contributed by atoms with van der Waals surface area (Å²) in [6.07, 6.45) is 1.08. The largest absolute Gasteiger partial charge is 0.480 e. The number of amides is 2. The van der Waals surface area contributed by atoms with Crippen LogP contribution in [-0.4, -0.2) is 34.6 Å². The smallest absolute Gasteiger partial charge is 0.326 e. The molecule has 0 radical (unpaired) electrons. The minimum absolute atomic E-state index is 0.196. The van der Waals surface area contributed by atoms with Gasteiger partial charge in [-0.05, 0) is 25.0 Å². The van der Waals surface area contributed by atoms with Gasteiger partial charge in [0.1, 0.15) is 6.04 Å². The van der Waals surface area contributed by atoms with Crippen LogP contribution in [-0.2, 0) is 4.79 Å². The Morgan fingerprint density at radius 1 is 1.25 bits per heavy atom. The van der Waals surface area contributed by atoms with E-state index in [1.807, 2.05) is 0 Å². The van der Waals surface area contributed by atoms with Crippen LogP contribution in [0.25, 0.3) is 0 Å². The van der Waals surface area contributed by atoms with E-state index < -0.39 is 18.0 Å². The van der Waals surface area contributed by atoms with Crippen LogP contribution in [0.2, 0.25) is 15.1 Å². The third-order valence-electron chi connectivity index (χ3n) is 3.04. The van der Waals surface area contributed by atoms with E-state index in [9.17, 15) is 9.59 Å². The van der Waals surface area contributed by atoms with Crippen molar-refractivity contribution in [3.05, 3.63) is 27.2 Å². The lowest BCUT2D eigenvalue weighted by Gasteiger charge is -2.22. The summed E-state index contributed by atoms with van der Waals surface area (Å²) in [5, 5.41) is 12.3. The monoisotopic (exact) mass is 336 g/mol. The summed E-state index contributed by atoms with van der Waals surface area (Å²) in [6, 6.07) is 1.54. The first-order valence-electron chi connectivity index (χ1n) is 5.85. The van der Waals surface area contributed by atoms with Gasteiger partial charge in [0.05, 0.1) is 15.7 Å². The molecule has 1 atom stereocenters. The molecule has 1 aromatic carbocycles. The van der Waals surface area contributed by atoms with Crippen LogP contribution in [0.5, 0.6) is 0 Å². The second-order valence-corrected chi connectivity index (χ2v) is 5.62. The second kappa shape index (κ2) is 6.08. The number of anilines is 1. The van der Waals surface area contributed by atoms with Gasteiger partial charge in [-0.2, -0.15) is 0 Å². The predicted molar refractivity (Wildman–Crippen MR) is 77.9 cm³/mol. The molecule has 2 amide bonds. The van der Waals surface area contributed by atoms with Crippen molar-refractivity contribution >= 4 is 52.5 Å². The molecule has 1 aromatic rings. The van der Waals surface area contributed by atoms with Crippen LogP contribution in [0.1, 0.15) is 12.8 Å². The SMILES string of the molecule is O=C(O)[C@H]1CCCN1C(=O)Nc1c(Cl)cc(Cl)cc1Cl. The van der Waals surface area contributed by atoms with Gasteiger partial charge in [-0.1, -0.05) is 34.8 Å². The number of carbonyl (C=O) groups is 2. The fourth-order valence-corrected chi connectivity index (χ4v) is 3.02. The highest BCUT2D eigenvalue weighted by atomic mass is 35.5. The molecule has 0 spiro atoms. The molecular formula is C12H11Cl3N2O3. The topological polar surface area (TPSA) is 69.6 Å². The lowest BCUT2D eigenvalue weighted by molar-refractivity contribution is -0.141. The third-order valence-corrected chi connectivity index (χ3v) is 3.85. The Morgan fingerprint density at radius 2 is 1.85 bits per heavy atom. The van der Waals surface area contributed by atoms with Crippen LogP contribution in [0.4, 0.5) is 10.5 Å². The van der Waals surface area contributed by atoms with Crippen molar-refractivity contribution < 1.29 is 14.7 Å². The van der Waals surface area contributed by atoms with Gasteiger partial charge >= 0.3 is 12.0 Å². The van der Waals surface area contributed by atoms with Crippen LogP contribution >= 0.6 is 34.8 Å². The summed E-state index contributed by atoms with van der Waals surface area (Å²) < 4.78 is 0. The molecule has 2 N–H and O–H groups in total. The minimum Gasteiger partial charge on any atom is -0.480 e. The maximum absolute atomic E-state index is 12.1. The van der Waals surface area contributed by atoms with Crippen molar-refractivity contribution in [1.29, 1.82) is 0 Å². The molecule has 0 aliphatic carbocycles. The van der Waals surface area contributed by atoms with Crippen molar-refractivity contribution in [2.45, 2.75) is 18.9 Å². The van der Waals surface area contributed by atoms with Crippen molar-refractivity contribution in [2.24, 2.45) is 0 Å². The normalized spacial score (nSPS) is 18.1. The third kappa shape index (κ3) is 3.11. The lowest BCUT2D eigenvalue weighted by Crippen LogP contribution is -2.42. The lowest BCUT2D eigenvalue weighted by atomic mass is 10.2. The number of benzene rings is 1. The molecule has 108 valence electrons. The Balaban J connectivity index is 2.18. The standard InChI is InChI=1S/C12H11Cl3N2O3/c13-6-4-7(14)10(8(15)5-6)16-12(20)17-3-1-2-9(17)11(18)19/h4-5,9H,1-3H2,(H,16,20)(H,18,19)/t9-/m1/s1. The zero-order valence-corrected chi connectivity index (χ0v) is 12.5. The Labute approximate surface area is 130 Å². The Kier molecular flexibility index (Phi) is 4.62. The van der Waals surface area contributed by atoms with Crippen LogP contribution in [0.15, 0.2) is 12.1 Å². The van der Waals surface area contributed by atoms with Crippen molar-refractivity contribution in [2.75, 3.05) is 11.9 Å². The number of urea groups is 1. The Morgan fingerprint density at radius 3 is 2.40 bits per heavy atom. The number of nitrogens with one attached hydrogen (secondary N) is 1. The van der Waals surface area contributed by atoms with Gasteiger partial charge in [-0.3, -0.25) is 0 Å². The summed E-state index contributed by atoms with van der Waals surface area (Å²) >= 11 is 17.7. The van der Waals surface area contributed by atoms with E-state index in [0.29, 0.717) is 24.4 Å². The van der Waals surface area contributed by atoms with E-state index in [1.165, 1.54) is 17.0 Å². The Hall–Kier alpha value is -1.17. The molecule has 0 unspecified atom stereocenters. The summed E-state index contributed by atoms with van der Waals surface area (Å²) in [5.41, 5.74) is 0.221. The van der Waals surface area contributed by atoms with Crippen molar-refractivity contribution in [3.63, 3.8) is 0 Å². The van der Waals surface area contributed by atoms with Crippen LogP contribution < -0.4 is 5.32 Å². The van der Waals surface area contributed by atoms with Crippen LogP contribution in [0, 0.1) is 0 Å². The van der Waals surface area contributed by atoms with Crippen molar-refractivity contribution in [3.8, 4) is 0 Å². The molecular weight excluding hydrogens is 327 g/mol. The van der Waals surface area contributed by atoms with E-state index in [-0.39, 0.29) is 15.7 Å². The average molecular weight is 338 g/mol. The predicted octanol–water partition coefficient (Wildman–Crippen LogP) is 3.73. The molecule has 8 heteroatoms. The van der Waals surface area contributed by atoms with E-state index in [1.54, 1.807) is 0 Å². The summed E-state index contributed by atoms with van der Waals surface area (Å²) in [5.74, 6) is -1.02. The number of nitrogens with zero attached hydrogens (tertiary/aromatic N) is 1. The summed E-state index contributed by atoms with van der Waals surface area (Å²) in [4.78, 5) is 24.4. The summed E-state index contributed by atoms with van der Waals surface area (Å²) in [7, 11) is 0. The average Bonchev–Trinajstić information content (AvgIpc) is 2.82. The zero-order valence-electron chi connectivity index (χ0n) is 10.2. The van der Waals surface area contributed by atoms with Gasteiger partial charge in [-0.15, -0.1) is 0 Å². The molecule has 1 aliphatic rings. The highest BCUT2D eigenvalue weighted by Gasteiger charge is 2.34. The van der Waals surface area contributed by atoms with Gasteiger partial charge in [0, 0.05) is 11.6 Å². The van der Waals surface area contributed by atoms with Crippen LogP contribution in [0.3, 0.4) is 0 Å². The number of hydrogen-bond acceptors (Lipinski definition) is 2. The van der Waals surface area contributed by atoms with E-state index in [4.69, 9.17) is 39.9 Å². The molecule has 0 bridgehead atoms. The highest BCUT2D eigenvalue weighted by Crippen LogP contribution is 2.34. The number of carboxylic acid groups (broad SMARTS) is 1. The van der Waals surface area contributed by atoms with Crippen molar-refractivity contribution in [1.82, 2.24) is 4.90 Å². The number of aliphatic carboxylic acids is 1. The molecule has 1 fully saturated rings. The van der Waals surface area contributed by atoms with Gasteiger partial charge in [0.2, 0.25) is 0 Å². The molecule has 1 aliphatic heterocycles. The Bertz CT molecular complexity index is 542. The zero-order chi connectivity index (χ0) is 14.9. The molecule has 5 nitrogen and oxygen atoms in total. The first kappa shape index (κ1) is 15.2. The molecule has 1 saturated heterocycles. The quantitative estimate of drug-likeness (QED) is 0.864. The fraction of sp³-hybridized carbons (Fsp3) is 0.333. The fourth-order valence-electron chi connectivity index (χ4n) is 2.11. The van der Waals surface area contributed by atoms with Gasteiger partial charge < -0.3 is 15.3 Å².